The maximum absolute atomic E-state index is 14.0. The van der Waals surface area contributed by atoms with Crippen molar-refractivity contribution in [2.45, 2.75) is 18.5 Å². The molecule has 0 aliphatic carbocycles. The van der Waals surface area contributed by atoms with Gasteiger partial charge in [0.05, 0.1) is 0 Å². The quantitative estimate of drug-likeness (QED) is 0.875. The molecule has 2 N–H and O–H groups in total. The first-order chi connectivity index (χ1) is 12.1. The summed E-state index contributed by atoms with van der Waals surface area (Å²) in [7, 11) is 2.90. The van der Waals surface area contributed by atoms with E-state index in [4.69, 9.17) is 0 Å². The van der Waals surface area contributed by atoms with Gasteiger partial charge in [0.15, 0.2) is 0 Å². The first kappa shape index (κ1) is 19.5. The van der Waals surface area contributed by atoms with Crippen LogP contribution in [0.4, 0.5) is 13.2 Å². The minimum absolute atomic E-state index is 0.00495. The molecular weight excluding hydrogens is 345 g/mol. The van der Waals surface area contributed by atoms with E-state index in [9.17, 15) is 22.8 Å². The number of nitrogens with one attached hydrogen (secondary N) is 2. The summed E-state index contributed by atoms with van der Waals surface area (Å²) in [4.78, 5) is 23.2. The molecule has 0 bridgehead atoms. The van der Waals surface area contributed by atoms with Crippen molar-refractivity contribution in [1.29, 1.82) is 0 Å². The summed E-state index contributed by atoms with van der Waals surface area (Å²) >= 11 is 0. The molecule has 0 spiro atoms. The average Bonchev–Trinajstić information content (AvgIpc) is 2.65. The number of halogens is 3. The molecule has 0 fully saturated rings. The van der Waals surface area contributed by atoms with Crippen LogP contribution in [0.3, 0.4) is 0 Å². The van der Waals surface area contributed by atoms with E-state index in [-0.39, 0.29) is 34.1 Å². The number of carbonyl (C=O) groups is 2. The van der Waals surface area contributed by atoms with Crippen LogP contribution in [0, 0.1) is 0 Å². The standard InChI is InChI=1S/C19H19F3N2O2/c1-18(19(20,21)22,14-8-4-12(5-9-14)16(25)23-2)15-10-6-13(7-11-15)17(26)24-3/h4-11H,1-3H3,(H,23,25)(H,24,26). The van der Waals surface area contributed by atoms with E-state index in [0.29, 0.717) is 0 Å². The molecule has 138 valence electrons. The van der Waals surface area contributed by atoms with Crippen molar-refractivity contribution >= 4 is 11.8 Å². The minimum Gasteiger partial charge on any atom is -0.355 e. The predicted molar refractivity (Wildman–Crippen MR) is 92.2 cm³/mol. The maximum atomic E-state index is 14.0. The van der Waals surface area contributed by atoms with Crippen molar-refractivity contribution in [3.05, 3.63) is 70.8 Å². The lowest BCUT2D eigenvalue weighted by atomic mass is 9.75. The van der Waals surface area contributed by atoms with Crippen LogP contribution in [-0.2, 0) is 5.41 Å². The molecule has 2 aromatic rings. The van der Waals surface area contributed by atoms with Crippen molar-refractivity contribution in [2.75, 3.05) is 14.1 Å². The Morgan fingerprint density at radius 3 is 1.27 bits per heavy atom. The Morgan fingerprint density at radius 1 is 0.731 bits per heavy atom. The second-order valence-electron chi connectivity index (χ2n) is 5.94. The molecular formula is C19H19F3N2O2. The van der Waals surface area contributed by atoms with E-state index in [1.807, 2.05) is 0 Å². The molecule has 0 saturated heterocycles. The Hall–Kier alpha value is -2.83. The molecule has 0 aliphatic rings. The fourth-order valence-electron chi connectivity index (χ4n) is 2.69. The Morgan fingerprint density at radius 2 is 1.04 bits per heavy atom. The highest BCUT2D eigenvalue weighted by Crippen LogP contribution is 2.46. The Kier molecular flexibility index (Phi) is 5.39. The molecule has 0 unspecified atom stereocenters. The Labute approximate surface area is 149 Å². The lowest BCUT2D eigenvalue weighted by molar-refractivity contribution is -0.173. The third kappa shape index (κ3) is 3.42. The second kappa shape index (κ2) is 7.19. The van der Waals surface area contributed by atoms with Crippen LogP contribution in [-0.4, -0.2) is 32.1 Å². The molecule has 4 nitrogen and oxygen atoms in total. The third-order valence-electron chi connectivity index (χ3n) is 4.47. The number of alkyl halides is 3. The van der Waals surface area contributed by atoms with Gasteiger partial charge in [-0.15, -0.1) is 0 Å². The zero-order valence-corrected chi connectivity index (χ0v) is 14.6. The van der Waals surface area contributed by atoms with E-state index >= 15 is 0 Å². The van der Waals surface area contributed by atoms with Crippen LogP contribution in [0.5, 0.6) is 0 Å². The van der Waals surface area contributed by atoms with Crippen LogP contribution < -0.4 is 10.6 Å². The van der Waals surface area contributed by atoms with Gasteiger partial charge in [-0.1, -0.05) is 24.3 Å². The first-order valence-electron chi connectivity index (χ1n) is 7.87. The van der Waals surface area contributed by atoms with E-state index in [1.54, 1.807) is 0 Å². The molecule has 26 heavy (non-hydrogen) atoms. The highest BCUT2D eigenvalue weighted by Gasteiger charge is 2.53. The summed E-state index contributed by atoms with van der Waals surface area (Å²) in [5, 5.41) is 4.85. The summed E-state index contributed by atoms with van der Waals surface area (Å²) in [5.41, 5.74) is -1.72. The van der Waals surface area contributed by atoms with Crippen molar-refractivity contribution in [3.63, 3.8) is 0 Å². The summed E-state index contributed by atoms with van der Waals surface area (Å²) < 4.78 is 41.9. The summed E-state index contributed by atoms with van der Waals surface area (Å²) in [5.74, 6) is -0.750. The Bertz CT molecular complexity index is 738. The first-order valence-corrected chi connectivity index (χ1v) is 7.87. The summed E-state index contributed by atoms with van der Waals surface area (Å²) in [6.07, 6.45) is -4.57. The molecule has 0 heterocycles. The number of hydrogen-bond donors (Lipinski definition) is 2. The van der Waals surface area contributed by atoms with Gasteiger partial charge in [-0.2, -0.15) is 13.2 Å². The summed E-state index contributed by atoms with van der Waals surface area (Å²) in [6.45, 7) is 1.08. The van der Waals surface area contributed by atoms with Gasteiger partial charge in [-0.3, -0.25) is 9.59 Å². The lowest BCUT2D eigenvalue weighted by Crippen LogP contribution is -2.40. The largest absolute Gasteiger partial charge is 0.402 e. The van der Waals surface area contributed by atoms with Crippen LogP contribution >= 0.6 is 0 Å². The van der Waals surface area contributed by atoms with Crippen LogP contribution in [0.15, 0.2) is 48.5 Å². The molecule has 2 aromatic carbocycles. The van der Waals surface area contributed by atoms with E-state index in [0.717, 1.165) is 6.92 Å². The topological polar surface area (TPSA) is 58.2 Å². The molecule has 0 aromatic heterocycles. The normalized spacial score (nSPS) is 11.8. The fourth-order valence-corrected chi connectivity index (χ4v) is 2.69. The highest BCUT2D eigenvalue weighted by atomic mass is 19.4. The molecule has 0 aliphatic heterocycles. The van der Waals surface area contributed by atoms with Crippen LogP contribution in [0.25, 0.3) is 0 Å². The SMILES string of the molecule is CNC(=O)c1ccc(C(C)(c2ccc(C(=O)NC)cc2)C(F)(F)F)cc1. The van der Waals surface area contributed by atoms with Crippen molar-refractivity contribution in [1.82, 2.24) is 10.6 Å². The summed E-state index contributed by atoms with van der Waals surface area (Å²) in [6, 6.07) is 10.6. The van der Waals surface area contributed by atoms with Gasteiger partial charge >= 0.3 is 6.18 Å². The van der Waals surface area contributed by atoms with Crippen molar-refractivity contribution in [3.8, 4) is 0 Å². The number of carbonyl (C=O) groups excluding carboxylic acids is 2. The van der Waals surface area contributed by atoms with E-state index in [2.05, 4.69) is 10.6 Å². The van der Waals surface area contributed by atoms with Crippen molar-refractivity contribution < 1.29 is 22.8 Å². The van der Waals surface area contributed by atoms with E-state index < -0.39 is 11.6 Å². The average molecular weight is 364 g/mol. The second-order valence-corrected chi connectivity index (χ2v) is 5.94. The van der Waals surface area contributed by atoms with Crippen LogP contribution in [0.1, 0.15) is 38.8 Å². The molecule has 0 saturated carbocycles. The maximum Gasteiger partial charge on any atom is 0.402 e. The van der Waals surface area contributed by atoms with E-state index in [1.165, 1.54) is 62.6 Å². The van der Waals surface area contributed by atoms with Gasteiger partial charge < -0.3 is 10.6 Å². The zero-order valence-electron chi connectivity index (χ0n) is 14.6. The number of hydrogen-bond acceptors (Lipinski definition) is 2. The zero-order chi connectivity index (χ0) is 19.5. The number of benzene rings is 2. The van der Waals surface area contributed by atoms with Gasteiger partial charge in [-0.25, -0.2) is 0 Å². The van der Waals surface area contributed by atoms with Gasteiger partial charge in [0.2, 0.25) is 0 Å². The molecule has 2 amide bonds. The van der Waals surface area contributed by atoms with Crippen molar-refractivity contribution in [2.24, 2.45) is 0 Å². The van der Waals surface area contributed by atoms with Crippen LogP contribution in [0.2, 0.25) is 0 Å². The predicted octanol–water partition coefficient (Wildman–Crippen LogP) is 3.27. The van der Waals surface area contributed by atoms with Gasteiger partial charge in [-0.05, 0) is 42.3 Å². The minimum atomic E-state index is -4.57. The molecule has 2 rings (SSSR count). The van der Waals surface area contributed by atoms with Gasteiger partial charge in [0, 0.05) is 25.2 Å². The highest BCUT2D eigenvalue weighted by molar-refractivity contribution is 5.94. The molecule has 7 heteroatoms. The molecule has 0 atom stereocenters. The smallest absolute Gasteiger partial charge is 0.355 e. The van der Waals surface area contributed by atoms with Gasteiger partial charge in [0.1, 0.15) is 5.41 Å². The number of amides is 2. The Balaban J connectivity index is 2.52. The van der Waals surface area contributed by atoms with Gasteiger partial charge in [0.25, 0.3) is 11.8 Å². The number of rotatable bonds is 4. The lowest BCUT2D eigenvalue weighted by Gasteiger charge is -2.33. The monoisotopic (exact) mass is 364 g/mol. The molecule has 0 radical (unpaired) electrons. The fraction of sp³-hybridized carbons (Fsp3) is 0.263. The third-order valence-corrected chi connectivity index (χ3v) is 4.47.